The third-order valence-corrected chi connectivity index (χ3v) is 3.25. The van der Waals surface area contributed by atoms with Gasteiger partial charge in [0, 0.05) is 11.8 Å². The average Bonchev–Trinajstić information content (AvgIpc) is 2.79. The molecule has 2 aromatic carbocycles. The number of hydrogen-bond acceptors (Lipinski definition) is 1. The first-order chi connectivity index (χ1) is 8.38. The van der Waals surface area contributed by atoms with Gasteiger partial charge in [-0.3, -0.25) is 0 Å². The van der Waals surface area contributed by atoms with Crippen molar-refractivity contribution in [2.75, 3.05) is 0 Å². The smallest absolute Gasteiger partial charge is 0.134 e. The third-order valence-electron chi connectivity index (χ3n) is 3.25. The van der Waals surface area contributed by atoms with E-state index in [0.29, 0.717) is 0 Å². The van der Waals surface area contributed by atoms with E-state index in [2.05, 4.69) is 49.4 Å². The molecule has 0 aliphatic rings. The van der Waals surface area contributed by atoms with Crippen LogP contribution >= 0.6 is 0 Å². The normalized spacial score (nSPS) is 11.4. The molecule has 1 heteroatoms. The van der Waals surface area contributed by atoms with Crippen LogP contribution in [0, 0.1) is 0 Å². The van der Waals surface area contributed by atoms with Crippen LogP contribution in [-0.4, -0.2) is 0 Å². The summed E-state index contributed by atoms with van der Waals surface area (Å²) in [4.78, 5) is 0. The predicted molar refractivity (Wildman–Crippen MR) is 72.3 cm³/mol. The van der Waals surface area contributed by atoms with E-state index < -0.39 is 0 Å². The molecular weight excluding hydrogens is 208 g/mol. The van der Waals surface area contributed by atoms with Gasteiger partial charge < -0.3 is 4.42 Å². The summed E-state index contributed by atoms with van der Waals surface area (Å²) in [5, 5.41) is 3.81. The van der Waals surface area contributed by atoms with Crippen molar-refractivity contribution in [2.45, 2.75) is 26.2 Å². The molecule has 1 aromatic heterocycles. The molecule has 0 atom stereocenters. The molecule has 86 valence electrons. The van der Waals surface area contributed by atoms with Gasteiger partial charge in [0.25, 0.3) is 0 Å². The summed E-state index contributed by atoms with van der Waals surface area (Å²) in [5.41, 5.74) is 1.01. The Balaban J connectivity index is 2.17. The topological polar surface area (TPSA) is 13.1 Å². The molecule has 0 unspecified atom stereocenters. The zero-order valence-corrected chi connectivity index (χ0v) is 10.1. The van der Waals surface area contributed by atoms with E-state index in [1.165, 1.54) is 29.0 Å². The molecule has 3 rings (SSSR count). The highest BCUT2D eigenvalue weighted by atomic mass is 16.3. The van der Waals surface area contributed by atoms with Crippen molar-refractivity contribution in [1.29, 1.82) is 0 Å². The Kier molecular flexibility index (Phi) is 2.60. The van der Waals surface area contributed by atoms with E-state index in [9.17, 15) is 0 Å². The summed E-state index contributed by atoms with van der Waals surface area (Å²) in [6.07, 6.45) is 3.44. The molecule has 1 heterocycles. The fourth-order valence-corrected chi connectivity index (χ4v) is 2.32. The Hall–Kier alpha value is -1.76. The average molecular weight is 224 g/mol. The fourth-order valence-electron chi connectivity index (χ4n) is 2.32. The highest BCUT2D eigenvalue weighted by molar-refractivity contribution is 6.05. The van der Waals surface area contributed by atoms with Crippen LogP contribution in [0.4, 0.5) is 0 Å². The molecule has 0 saturated carbocycles. The summed E-state index contributed by atoms with van der Waals surface area (Å²) in [6, 6.07) is 14.9. The number of furan rings is 1. The van der Waals surface area contributed by atoms with Crippen molar-refractivity contribution in [3.8, 4) is 0 Å². The second-order valence-corrected chi connectivity index (χ2v) is 4.51. The summed E-state index contributed by atoms with van der Waals surface area (Å²) in [6.45, 7) is 2.21. The number of hydrogen-bond donors (Lipinski definition) is 0. The first kappa shape index (κ1) is 10.4. The second kappa shape index (κ2) is 4.25. The summed E-state index contributed by atoms with van der Waals surface area (Å²) >= 11 is 0. The largest absolute Gasteiger partial charge is 0.461 e. The van der Waals surface area contributed by atoms with Gasteiger partial charge in [0.1, 0.15) is 11.3 Å². The minimum absolute atomic E-state index is 1.01. The van der Waals surface area contributed by atoms with Crippen LogP contribution in [-0.2, 0) is 6.42 Å². The van der Waals surface area contributed by atoms with Gasteiger partial charge in [0.15, 0.2) is 0 Å². The van der Waals surface area contributed by atoms with Crippen LogP contribution in [0.25, 0.3) is 21.7 Å². The second-order valence-electron chi connectivity index (χ2n) is 4.51. The lowest BCUT2D eigenvalue weighted by Gasteiger charge is -1.96. The van der Waals surface area contributed by atoms with Crippen molar-refractivity contribution in [1.82, 2.24) is 0 Å². The number of benzene rings is 2. The first-order valence-corrected chi connectivity index (χ1v) is 6.28. The van der Waals surface area contributed by atoms with Crippen molar-refractivity contribution in [3.63, 3.8) is 0 Å². The molecule has 1 nitrogen and oxygen atoms in total. The summed E-state index contributed by atoms with van der Waals surface area (Å²) in [5.74, 6) is 1.11. The van der Waals surface area contributed by atoms with E-state index in [0.717, 1.165) is 17.8 Å². The number of rotatable bonds is 3. The molecule has 0 aliphatic carbocycles. The number of fused-ring (bicyclic) bond motifs is 3. The van der Waals surface area contributed by atoms with E-state index in [4.69, 9.17) is 4.42 Å². The van der Waals surface area contributed by atoms with Gasteiger partial charge >= 0.3 is 0 Å². The quantitative estimate of drug-likeness (QED) is 0.615. The lowest BCUT2D eigenvalue weighted by atomic mass is 10.1. The van der Waals surface area contributed by atoms with Gasteiger partial charge in [-0.1, -0.05) is 43.7 Å². The van der Waals surface area contributed by atoms with Gasteiger partial charge in [-0.05, 0) is 29.3 Å². The molecule has 0 fully saturated rings. The first-order valence-electron chi connectivity index (χ1n) is 6.28. The minimum Gasteiger partial charge on any atom is -0.461 e. The molecule has 0 amide bonds. The zero-order valence-electron chi connectivity index (χ0n) is 10.1. The Morgan fingerprint density at radius 1 is 1.00 bits per heavy atom. The van der Waals surface area contributed by atoms with Gasteiger partial charge in [-0.25, -0.2) is 0 Å². The zero-order chi connectivity index (χ0) is 11.7. The Bertz CT molecular complexity index is 649. The van der Waals surface area contributed by atoms with Crippen molar-refractivity contribution in [2.24, 2.45) is 0 Å². The van der Waals surface area contributed by atoms with Crippen molar-refractivity contribution < 1.29 is 4.42 Å². The maximum Gasteiger partial charge on any atom is 0.134 e. The van der Waals surface area contributed by atoms with Crippen molar-refractivity contribution in [3.05, 3.63) is 48.2 Å². The van der Waals surface area contributed by atoms with Crippen LogP contribution in [0.1, 0.15) is 25.5 Å². The molecule has 0 radical (unpaired) electrons. The van der Waals surface area contributed by atoms with E-state index in [1.54, 1.807) is 0 Å². The molecule has 0 spiro atoms. The van der Waals surface area contributed by atoms with Crippen LogP contribution in [0.2, 0.25) is 0 Å². The maximum absolute atomic E-state index is 5.88. The molecule has 0 saturated heterocycles. The standard InChI is InChI=1S/C16H16O/c1-2-3-7-13-11-15-14-8-5-4-6-12(14)9-10-16(15)17-13/h4-6,8-11H,2-3,7H2,1H3. The molecule has 3 aromatic rings. The molecule has 0 aliphatic heterocycles. The summed E-state index contributed by atoms with van der Waals surface area (Å²) in [7, 11) is 0. The lowest BCUT2D eigenvalue weighted by Crippen LogP contribution is -1.78. The van der Waals surface area contributed by atoms with Crippen LogP contribution in [0.3, 0.4) is 0 Å². The highest BCUT2D eigenvalue weighted by Crippen LogP contribution is 2.28. The number of unbranched alkanes of at least 4 members (excludes halogenated alkanes) is 1. The maximum atomic E-state index is 5.88. The monoisotopic (exact) mass is 224 g/mol. The molecule has 0 N–H and O–H groups in total. The number of aryl methyl sites for hydroxylation is 1. The van der Waals surface area contributed by atoms with Gasteiger partial charge in [-0.2, -0.15) is 0 Å². The molecular formula is C16H16O. The van der Waals surface area contributed by atoms with E-state index >= 15 is 0 Å². The summed E-state index contributed by atoms with van der Waals surface area (Å²) < 4.78 is 5.88. The van der Waals surface area contributed by atoms with Gasteiger partial charge in [0.2, 0.25) is 0 Å². The fraction of sp³-hybridized carbons (Fsp3) is 0.250. The lowest BCUT2D eigenvalue weighted by molar-refractivity contribution is 0.537. The Morgan fingerprint density at radius 2 is 1.88 bits per heavy atom. The van der Waals surface area contributed by atoms with Gasteiger partial charge in [0.05, 0.1) is 0 Å². The van der Waals surface area contributed by atoms with Crippen molar-refractivity contribution >= 4 is 21.7 Å². The van der Waals surface area contributed by atoms with Crippen LogP contribution in [0.15, 0.2) is 46.9 Å². The third kappa shape index (κ3) is 1.82. The van der Waals surface area contributed by atoms with Crippen LogP contribution < -0.4 is 0 Å². The Morgan fingerprint density at radius 3 is 2.76 bits per heavy atom. The highest BCUT2D eigenvalue weighted by Gasteiger charge is 2.06. The van der Waals surface area contributed by atoms with E-state index in [-0.39, 0.29) is 0 Å². The predicted octanol–water partition coefficient (Wildman–Crippen LogP) is 4.93. The van der Waals surface area contributed by atoms with E-state index in [1.807, 2.05) is 0 Å². The Labute approximate surface area is 101 Å². The SMILES string of the molecule is CCCCc1cc2c(ccc3ccccc32)o1. The van der Waals surface area contributed by atoms with Crippen LogP contribution in [0.5, 0.6) is 0 Å². The minimum atomic E-state index is 1.01. The molecule has 17 heavy (non-hydrogen) atoms. The molecule has 0 bridgehead atoms. The van der Waals surface area contributed by atoms with Gasteiger partial charge in [-0.15, -0.1) is 0 Å².